The quantitative estimate of drug-likeness (QED) is 0.273. The van der Waals surface area contributed by atoms with Gasteiger partial charge in [-0.1, -0.05) is 12.1 Å². The Morgan fingerprint density at radius 3 is 2.63 bits per heavy atom. The van der Waals surface area contributed by atoms with Crippen molar-refractivity contribution < 1.29 is 33.0 Å². The third-order valence-corrected chi connectivity index (χ3v) is 4.46. The molecule has 156 valence electrons. The summed E-state index contributed by atoms with van der Waals surface area (Å²) in [7, 11) is 1.44. The Labute approximate surface area is 170 Å². The Hall–Kier alpha value is -3.68. The minimum Gasteiger partial charge on any atom is -0.507 e. The van der Waals surface area contributed by atoms with Crippen molar-refractivity contribution in [2.24, 2.45) is 0 Å². The fourth-order valence-electron chi connectivity index (χ4n) is 3.11. The first-order chi connectivity index (χ1) is 14.3. The number of esters is 1. The highest BCUT2D eigenvalue weighted by molar-refractivity contribution is 6.39. The highest BCUT2D eigenvalue weighted by Crippen LogP contribution is 2.34. The summed E-state index contributed by atoms with van der Waals surface area (Å²) < 4.78 is 39.0. The number of benzene rings is 2. The van der Waals surface area contributed by atoms with Gasteiger partial charge in [0.15, 0.2) is 0 Å². The number of fused-ring (bicyclic) bond motifs is 1. The lowest BCUT2D eigenvalue weighted by Crippen LogP contribution is -2.15. The number of nitrogens with zero attached hydrogens (tertiary/aromatic N) is 1. The summed E-state index contributed by atoms with van der Waals surface area (Å²) in [6.45, 7) is 1.62. The normalized spacial score (nSPS) is 11.5. The molecule has 1 aromatic heterocycles. The number of aliphatic hydroxyl groups is 1. The molecule has 0 bridgehead atoms. The third kappa shape index (κ3) is 4.17. The Morgan fingerprint density at radius 1 is 1.20 bits per heavy atom. The van der Waals surface area contributed by atoms with Gasteiger partial charge in [-0.05, 0) is 25.1 Å². The molecule has 2 aromatic carbocycles. The number of carbonyl (C=O) groups excluding carboxylic acids is 2. The molecule has 0 aliphatic rings. The van der Waals surface area contributed by atoms with Gasteiger partial charge in [-0.3, -0.25) is 4.79 Å². The van der Waals surface area contributed by atoms with Crippen LogP contribution in [-0.2, 0) is 20.9 Å². The van der Waals surface area contributed by atoms with Crippen molar-refractivity contribution >= 4 is 28.4 Å². The molecular weight excluding hydrogens is 396 g/mol. The third-order valence-electron chi connectivity index (χ3n) is 4.46. The van der Waals surface area contributed by atoms with E-state index in [2.05, 4.69) is 4.74 Å². The number of aliphatic hydroxyl groups excluding tert-OH is 1. The molecule has 6 nitrogen and oxygen atoms in total. The fraction of sp³-hybridized carbons (Fsp3) is 0.182. The van der Waals surface area contributed by atoms with E-state index in [4.69, 9.17) is 4.74 Å². The summed E-state index contributed by atoms with van der Waals surface area (Å²) in [5.41, 5.74) is 1.02. The number of hydrogen-bond acceptors (Lipinski definition) is 5. The molecule has 1 heterocycles. The number of halogens is 2. The zero-order chi connectivity index (χ0) is 21.8. The van der Waals surface area contributed by atoms with Crippen LogP contribution in [-0.4, -0.2) is 35.1 Å². The largest absolute Gasteiger partial charge is 0.507 e. The van der Waals surface area contributed by atoms with Crippen LogP contribution in [0, 0.1) is 11.6 Å². The van der Waals surface area contributed by atoms with Gasteiger partial charge in [0.25, 0.3) is 5.78 Å². The SMILES string of the molecule is CCOC(=O)C(=O)/C=C(/O)c1cn(Cc2ccc(F)cc2F)c2cccc(OC)c12. The van der Waals surface area contributed by atoms with E-state index in [1.165, 1.54) is 19.4 Å². The van der Waals surface area contributed by atoms with Crippen LogP contribution in [0.5, 0.6) is 5.75 Å². The summed E-state index contributed by atoms with van der Waals surface area (Å²) in [6, 6.07) is 8.38. The van der Waals surface area contributed by atoms with Crippen LogP contribution in [0.3, 0.4) is 0 Å². The monoisotopic (exact) mass is 415 g/mol. The molecule has 0 aliphatic heterocycles. The zero-order valence-corrected chi connectivity index (χ0v) is 16.3. The molecule has 0 radical (unpaired) electrons. The van der Waals surface area contributed by atoms with Gasteiger partial charge in [-0.15, -0.1) is 0 Å². The first kappa shape index (κ1) is 21.0. The standard InChI is InChI=1S/C22H19F2NO5/c1-3-30-22(28)19(27)10-18(26)15-12-25(11-13-7-8-14(23)9-16(13)24)17-5-4-6-20(29-2)21(15)17/h4-10,12,26H,3,11H2,1-2H3/b18-10+. The van der Waals surface area contributed by atoms with Crippen LogP contribution in [0.15, 0.2) is 48.7 Å². The average molecular weight is 415 g/mol. The fourth-order valence-corrected chi connectivity index (χ4v) is 3.11. The Morgan fingerprint density at radius 2 is 1.97 bits per heavy atom. The van der Waals surface area contributed by atoms with Gasteiger partial charge in [-0.2, -0.15) is 0 Å². The van der Waals surface area contributed by atoms with Crippen LogP contribution in [0.2, 0.25) is 0 Å². The second-order valence-corrected chi connectivity index (χ2v) is 6.38. The average Bonchev–Trinajstić information content (AvgIpc) is 3.09. The zero-order valence-electron chi connectivity index (χ0n) is 16.3. The molecule has 1 N–H and O–H groups in total. The smallest absolute Gasteiger partial charge is 0.379 e. The molecule has 0 unspecified atom stereocenters. The number of methoxy groups -OCH3 is 1. The van der Waals surface area contributed by atoms with Crippen molar-refractivity contribution in [3.05, 3.63) is 71.4 Å². The first-order valence-electron chi connectivity index (χ1n) is 9.07. The molecule has 3 rings (SSSR count). The maximum Gasteiger partial charge on any atom is 0.379 e. The van der Waals surface area contributed by atoms with E-state index < -0.39 is 29.1 Å². The summed E-state index contributed by atoms with van der Waals surface area (Å²) in [5.74, 6) is -3.57. The molecule has 0 saturated carbocycles. The van der Waals surface area contributed by atoms with Crippen molar-refractivity contribution in [3.63, 3.8) is 0 Å². The lowest BCUT2D eigenvalue weighted by molar-refractivity contribution is -0.151. The van der Waals surface area contributed by atoms with Crippen molar-refractivity contribution in [2.75, 3.05) is 13.7 Å². The molecule has 0 spiro atoms. The predicted octanol–water partition coefficient (Wildman–Crippen LogP) is 4.01. The van der Waals surface area contributed by atoms with Crippen LogP contribution in [0.4, 0.5) is 8.78 Å². The van der Waals surface area contributed by atoms with Crippen LogP contribution in [0.25, 0.3) is 16.7 Å². The van der Waals surface area contributed by atoms with Gasteiger partial charge in [0.2, 0.25) is 0 Å². The van der Waals surface area contributed by atoms with Crippen LogP contribution >= 0.6 is 0 Å². The van der Waals surface area contributed by atoms with Crippen LogP contribution < -0.4 is 4.74 Å². The van der Waals surface area contributed by atoms with Gasteiger partial charge >= 0.3 is 5.97 Å². The molecular formula is C22H19F2NO5. The molecule has 0 saturated heterocycles. The van der Waals surface area contributed by atoms with Gasteiger partial charge in [-0.25, -0.2) is 13.6 Å². The van der Waals surface area contributed by atoms with E-state index in [9.17, 15) is 23.5 Å². The van der Waals surface area contributed by atoms with E-state index in [1.807, 2.05) is 0 Å². The number of carbonyl (C=O) groups is 2. The lowest BCUT2D eigenvalue weighted by atomic mass is 10.1. The number of ether oxygens (including phenoxy) is 2. The first-order valence-corrected chi connectivity index (χ1v) is 9.07. The molecule has 0 amide bonds. The Bertz CT molecular complexity index is 1150. The summed E-state index contributed by atoms with van der Waals surface area (Å²) >= 11 is 0. The van der Waals surface area contributed by atoms with Gasteiger partial charge in [0, 0.05) is 29.5 Å². The number of rotatable bonds is 7. The number of aromatic nitrogens is 1. The summed E-state index contributed by atoms with van der Waals surface area (Å²) in [4.78, 5) is 23.5. The topological polar surface area (TPSA) is 77.8 Å². The van der Waals surface area contributed by atoms with Gasteiger partial charge < -0.3 is 19.1 Å². The van der Waals surface area contributed by atoms with Gasteiger partial charge in [0.05, 0.1) is 31.2 Å². The molecule has 0 fully saturated rings. The van der Waals surface area contributed by atoms with E-state index in [1.54, 1.807) is 29.7 Å². The lowest BCUT2D eigenvalue weighted by Gasteiger charge is -2.08. The Balaban J connectivity index is 2.10. The Kier molecular flexibility index (Phi) is 6.15. The highest BCUT2D eigenvalue weighted by atomic mass is 19.1. The number of hydrogen-bond donors (Lipinski definition) is 1. The van der Waals surface area contributed by atoms with E-state index in [0.717, 1.165) is 18.2 Å². The van der Waals surface area contributed by atoms with Crippen molar-refractivity contribution in [1.29, 1.82) is 0 Å². The maximum atomic E-state index is 14.1. The van der Waals surface area contributed by atoms with Crippen molar-refractivity contribution in [1.82, 2.24) is 4.57 Å². The maximum absolute atomic E-state index is 14.1. The highest BCUT2D eigenvalue weighted by Gasteiger charge is 2.20. The summed E-state index contributed by atoms with van der Waals surface area (Å²) in [6.07, 6.45) is 2.27. The molecule has 30 heavy (non-hydrogen) atoms. The minimum atomic E-state index is -1.09. The molecule has 0 aliphatic carbocycles. The summed E-state index contributed by atoms with van der Waals surface area (Å²) in [5, 5.41) is 11.0. The molecule has 0 atom stereocenters. The molecule has 3 aromatic rings. The van der Waals surface area contributed by atoms with E-state index in [-0.39, 0.29) is 24.3 Å². The molecule has 8 heteroatoms. The number of ketones is 1. The van der Waals surface area contributed by atoms with Crippen molar-refractivity contribution in [3.8, 4) is 5.75 Å². The van der Waals surface area contributed by atoms with Crippen LogP contribution in [0.1, 0.15) is 18.1 Å². The second kappa shape index (κ2) is 8.77. The van der Waals surface area contributed by atoms with E-state index >= 15 is 0 Å². The van der Waals surface area contributed by atoms with Gasteiger partial charge in [0.1, 0.15) is 23.1 Å². The predicted molar refractivity (Wildman–Crippen MR) is 106 cm³/mol. The van der Waals surface area contributed by atoms with E-state index in [0.29, 0.717) is 16.7 Å². The minimum absolute atomic E-state index is 0.0234. The van der Waals surface area contributed by atoms with Crippen molar-refractivity contribution in [2.45, 2.75) is 13.5 Å². The second-order valence-electron chi connectivity index (χ2n) is 6.38.